The van der Waals surface area contributed by atoms with Gasteiger partial charge in [0, 0.05) is 36.0 Å². The van der Waals surface area contributed by atoms with E-state index in [9.17, 15) is 5.11 Å². The second-order valence-electron chi connectivity index (χ2n) is 5.03. The van der Waals surface area contributed by atoms with Crippen LogP contribution in [0.1, 0.15) is 30.5 Å². The molecule has 21 heavy (non-hydrogen) atoms. The summed E-state index contributed by atoms with van der Waals surface area (Å²) in [5.74, 6) is 0. The van der Waals surface area contributed by atoms with Gasteiger partial charge >= 0.3 is 0 Å². The minimum absolute atomic E-state index is 0.160. The lowest BCUT2D eigenvalue weighted by Crippen LogP contribution is -2.31. The largest absolute Gasteiger partial charge is 0.395 e. The van der Waals surface area contributed by atoms with E-state index in [4.69, 9.17) is 0 Å². The van der Waals surface area contributed by atoms with Crippen molar-refractivity contribution >= 4 is 15.9 Å². The van der Waals surface area contributed by atoms with Crippen LogP contribution in [0.3, 0.4) is 0 Å². The number of hydrogen-bond acceptors (Lipinski definition) is 3. The van der Waals surface area contributed by atoms with Gasteiger partial charge in [-0.3, -0.25) is 9.88 Å². The number of benzene rings is 1. The zero-order valence-electron chi connectivity index (χ0n) is 12.2. The summed E-state index contributed by atoms with van der Waals surface area (Å²) < 4.78 is 1.09. The zero-order chi connectivity index (χ0) is 15.1. The lowest BCUT2D eigenvalue weighted by atomic mass is 10.0. The smallest absolute Gasteiger partial charge is 0.0558 e. The average molecular weight is 349 g/mol. The molecule has 1 unspecified atom stereocenters. The first-order valence-electron chi connectivity index (χ1n) is 7.24. The molecule has 0 aliphatic rings. The normalized spacial score (nSPS) is 12.6. The van der Waals surface area contributed by atoms with Crippen molar-refractivity contribution < 1.29 is 5.11 Å². The molecule has 0 amide bonds. The SMILES string of the molecule is CCC(c1ccc(Br)cc1)N(CCO)Cc1cccnc1. The van der Waals surface area contributed by atoms with Crippen LogP contribution in [0.2, 0.25) is 0 Å². The predicted molar refractivity (Wildman–Crippen MR) is 88.9 cm³/mol. The molecule has 1 N–H and O–H groups in total. The van der Waals surface area contributed by atoms with Crippen LogP contribution >= 0.6 is 15.9 Å². The maximum absolute atomic E-state index is 9.39. The summed E-state index contributed by atoms with van der Waals surface area (Å²) in [6.45, 7) is 3.79. The van der Waals surface area contributed by atoms with Gasteiger partial charge in [-0.05, 0) is 35.7 Å². The molecule has 1 aromatic carbocycles. The fourth-order valence-electron chi connectivity index (χ4n) is 2.59. The summed E-state index contributed by atoms with van der Waals surface area (Å²) in [5.41, 5.74) is 2.44. The van der Waals surface area contributed by atoms with Crippen molar-refractivity contribution in [3.8, 4) is 0 Å². The first kappa shape index (κ1) is 16.1. The molecule has 0 spiro atoms. The number of aliphatic hydroxyl groups excluding tert-OH is 1. The van der Waals surface area contributed by atoms with Crippen LogP contribution in [-0.2, 0) is 6.54 Å². The van der Waals surface area contributed by atoms with Crippen LogP contribution in [-0.4, -0.2) is 28.1 Å². The molecule has 0 aliphatic heterocycles. The first-order chi connectivity index (χ1) is 10.2. The molecule has 2 aromatic rings. The van der Waals surface area contributed by atoms with Gasteiger partial charge in [0.1, 0.15) is 0 Å². The third kappa shape index (κ3) is 4.63. The fraction of sp³-hybridized carbons (Fsp3) is 0.353. The number of aliphatic hydroxyl groups is 1. The molecule has 1 atom stereocenters. The molecule has 1 aromatic heterocycles. The van der Waals surface area contributed by atoms with E-state index in [0.717, 1.165) is 17.4 Å². The molecule has 3 nitrogen and oxygen atoms in total. The highest BCUT2D eigenvalue weighted by Crippen LogP contribution is 2.26. The van der Waals surface area contributed by atoms with Crippen LogP contribution in [0, 0.1) is 0 Å². The number of nitrogens with zero attached hydrogens (tertiary/aromatic N) is 2. The first-order valence-corrected chi connectivity index (χ1v) is 8.03. The Labute approximate surface area is 134 Å². The minimum atomic E-state index is 0.160. The van der Waals surface area contributed by atoms with Crippen molar-refractivity contribution in [2.45, 2.75) is 25.9 Å². The van der Waals surface area contributed by atoms with Gasteiger partial charge in [-0.25, -0.2) is 0 Å². The Bertz CT molecular complexity index is 530. The lowest BCUT2D eigenvalue weighted by molar-refractivity contribution is 0.139. The van der Waals surface area contributed by atoms with Crippen LogP contribution in [0.5, 0.6) is 0 Å². The summed E-state index contributed by atoms with van der Waals surface area (Å²) in [6, 6.07) is 12.7. The van der Waals surface area contributed by atoms with Crippen LogP contribution < -0.4 is 0 Å². The Hall–Kier alpha value is -1.23. The Morgan fingerprint density at radius 2 is 2.00 bits per heavy atom. The summed E-state index contributed by atoms with van der Waals surface area (Å²) in [7, 11) is 0. The third-order valence-corrected chi connectivity index (χ3v) is 4.11. The number of aromatic nitrogens is 1. The molecule has 0 radical (unpaired) electrons. The van der Waals surface area contributed by atoms with Crippen molar-refractivity contribution in [1.29, 1.82) is 0 Å². The van der Waals surface area contributed by atoms with E-state index in [-0.39, 0.29) is 6.61 Å². The van der Waals surface area contributed by atoms with E-state index in [2.05, 4.69) is 63.1 Å². The molecule has 0 saturated heterocycles. The Morgan fingerprint density at radius 3 is 2.57 bits per heavy atom. The van der Waals surface area contributed by atoms with Crippen molar-refractivity contribution in [3.63, 3.8) is 0 Å². The number of halogens is 1. The van der Waals surface area contributed by atoms with Gasteiger partial charge in [0.15, 0.2) is 0 Å². The van der Waals surface area contributed by atoms with E-state index in [1.807, 2.05) is 12.3 Å². The average Bonchev–Trinajstić information content (AvgIpc) is 2.51. The molecule has 0 saturated carbocycles. The van der Waals surface area contributed by atoms with Gasteiger partial charge in [0.05, 0.1) is 6.61 Å². The third-order valence-electron chi connectivity index (χ3n) is 3.58. The number of hydrogen-bond donors (Lipinski definition) is 1. The van der Waals surface area contributed by atoms with Gasteiger partial charge in [-0.1, -0.05) is 41.1 Å². The van der Waals surface area contributed by atoms with E-state index >= 15 is 0 Å². The summed E-state index contributed by atoms with van der Waals surface area (Å²) in [4.78, 5) is 6.48. The second-order valence-corrected chi connectivity index (χ2v) is 5.95. The molecular weight excluding hydrogens is 328 g/mol. The Balaban J connectivity index is 2.19. The zero-order valence-corrected chi connectivity index (χ0v) is 13.8. The molecule has 1 heterocycles. The van der Waals surface area contributed by atoms with Crippen LogP contribution in [0.15, 0.2) is 53.3 Å². The van der Waals surface area contributed by atoms with Crippen molar-refractivity contribution in [1.82, 2.24) is 9.88 Å². The number of rotatable bonds is 7. The van der Waals surface area contributed by atoms with Gasteiger partial charge < -0.3 is 5.11 Å². The van der Waals surface area contributed by atoms with E-state index in [0.29, 0.717) is 12.6 Å². The standard InChI is InChI=1S/C17H21BrN2O/c1-2-17(15-5-7-16(18)8-6-15)20(10-11-21)13-14-4-3-9-19-12-14/h3-9,12,17,21H,2,10-11,13H2,1H3. The van der Waals surface area contributed by atoms with E-state index in [1.165, 1.54) is 11.1 Å². The molecule has 112 valence electrons. The quantitative estimate of drug-likeness (QED) is 0.826. The Morgan fingerprint density at radius 1 is 1.24 bits per heavy atom. The Kier molecular flexibility index (Phi) is 6.36. The summed E-state index contributed by atoms with van der Waals surface area (Å²) in [5, 5.41) is 9.39. The molecule has 0 aliphatic carbocycles. The highest BCUT2D eigenvalue weighted by atomic mass is 79.9. The second kappa shape index (κ2) is 8.27. The van der Waals surface area contributed by atoms with Gasteiger partial charge in [-0.15, -0.1) is 0 Å². The molecule has 2 rings (SSSR count). The highest BCUT2D eigenvalue weighted by Gasteiger charge is 2.18. The van der Waals surface area contributed by atoms with Crippen molar-refractivity contribution in [2.75, 3.05) is 13.2 Å². The molecule has 0 fully saturated rings. The topological polar surface area (TPSA) is 36.4 Å². The number of pyridine rings is 1. The van der Waals surface area contributed by atoms with Crippen molar-refractivity contribution in [2.24, 2.45) is 0 Å². The predicted octanol–water partition coefficient (Wildman–Crippen LogP) is 3.79. The molecule has 4 heteroatoms. The monoisotopic (exact) mass is 348 g/mol. The lowest BCUT2D eigenvalue weighted by Gasteiger charge is -2.31. The van der Waals surface area contributed by atoms with Crippen LogP contribution in [0.4, 0.5) is 0 Å². The summed E-state index contributed by atoms with van der Waals surface area (Å²) >= 11 is 3.48. The van der Waals surface area contributed by atoms with Gasteiger partial charge in [0.2, 0.25) is 0 Å². The van der Waals surface area contributed by atoms with Crippen LogP contribution in [0.25, 0.3) is 0 Å². The minimum Gasteiger partial charge on any atom is -0.395 e. The van der Waals surface area contributed by atoms with Crippen molar-refractivity contribution in [3.05, 3.63) is 64.4 Å². The van der Waals surface area contributed by atoms with E-state index < -0.39 is 0 Å². The van der Waals surface area contributed by atoms with Gasteiger partial charge in [-0.2, -0.15) is 0 Å². The van der Waals surface area contributed by atoms with Gasteiger partial charge in [0.25, 0.3) is 0 Å². The molecule has 0 bridgehead atoms. The molecular formula is C17H21BrN2O. The fourth-order valence-corrected chi connectivity index (χ4v) is 2.85. The summed E-state index contributed by atoms with van der Waals surface area (Å²) in [6.07, 6.45) is 4.67. The maximum Gasteiger partial charge on any atom is 0.0558 e. The highest BCUT2D eigenvalue weighted by molar-refractivity contribution is 9.10. The van der Waals surface area contributed by atoms with E-state index in [1.54, 1.807) is 6.20 Å². The maximum atomic E-state index is 9.39.